The first-order valence-electron chi connectivity index (χ1n) is 7.42. The molecule has 0 spiro atoms. The molecule has 1 amide bonds. The number of nitrogens with one attached hydrogen (secondary N) is 1. The highest BCUT2D eigenvalue weighted by atomic mass is 32.2. The molecule has 0 aromatic heterocycles. The Morgan fingerprint density at radius 3 is 2.61 bits per heavy atom. The fourth-order valence-corrected chi connectivity index (χ4v) is 2.94. The van der Waals surface area contributed by atoms with Crippen LogP contribution in [0.5, 0.6) is 5.75 Å². The Hall–Kier alpha value is -2.20. The van der Waals surface area contributed by atoms with Crippen molar-refractivity contribution in [3.05, 3.63) is 66.2 Å². The summed E-state index contributed by atoms with van der Waals surface area (Å²) in [6, 6.07) is 13.6. The SMILES string of the molecule is C=CCSc1ccccc1NC(=O)COc1cc(C)cc(C)c1. The van der Waals surface area contributed by atoms with Gasteiger partial charge in [-0.3, -0.25) is 4.79 Å². The Morgan fingerprint density at radius 1 is 1.22 bits per heavy atom. The quantitative estimate of drug-likeness (QED) is 0.596. The van der Waals surface area contributed by atoms with Gasteiger partial charge in [-0.1, -0.05) is 24.3 Å². The van der Waals surface area contributed by atoms with Crippen molar-refractivity contribution in [2.24, 2.45) is 0 Å². The Morgan fingerprint density at radius 2 is 1.91 bits per heavy atom. The van der Waals surface area contributed by atoms with E-state index >= 15 is 0 Å². The van der Waals surface area contributed by atoms with Crippen molar-refractivity contribution in [3.63, 3.8) is 0 Å². The van der Waals surface area contributed by atoms with Crippen molar-refractivity contribution in [2.75, 3.05) is 17.7 Å². The van der Waals surface area contributed by atoms with E-state index in [1.807, 2.05) is 56.3 Å². The van der Waals surface area contributed by atoms with Crippen LogP contribution in [0.25, 0.3) is 0 Å². The molecule has 0 fully saturated rings. The zero-order chi connectivity index (χ0) is 16.7. The number of benzene rings is 2. The third-order valence-electron chi connectivity index (χ3n) is 3.08. The number of rotatable bonds is 7. The number of anilines is 1. The van der Waals surface area contributed by atoms with Gasteiger partial charge in [0.05, 0.1) is 5.69 Å². The second kappa shape index (κ2) is 8.44. The van der Waals surface area contributed by atoms with Crippen LogP contribution in [0.4, 0.5) is 5.69 Å². The Bertz CT molecular complexity index is 677. The first-order chi connectivity index (χ1) is 11.1. The fourth-order valence-electron chi connectivity index (χ4n) is 2.20. The first kappa shape index (κ1) is 17.2. The number of ether oxygens (including phenoxy) is 1. The lowest BCUT2D eigenvalue weighted by atomic mass is 10.1. The summed E-state index contributed by atoms with van der Waals surface area (Å²) in [5.74, 6) is 1.34. The molecule has 2 aromatic rings. The molecule has 0 atom stereocenters. The van der Waals surface area contributed by atoms with Crippen LogP contribution in [0.2, 0.25) is 0 Å². The fraction of sp³-hybridized carbons (Fsp3) is 0.211. The van der Waals surface area contributed by atoms with E-state index in [1.165, 1.54) is 0 Å². The summed E-state index contributed by atoms with van der Waals surface area (Å²) in [5.41, 5.74) is 3.03. The van der Waals surface area contributed by atoms with E-state index in [-0.39, 0.29) is 12.5 Å². The van der Waals surface area contributed by atoms with Crippen molar-refractivity contribution < 1.29 is 9.53 Å². The number of para-hydroxylation sites is 1. The summed E-state index contributed by atoms with van der Waals surface area (Å²) >= 11 is 1.63. The smallest absolute Gasteiger partial charge is 0.262 e. The average molecular weight is 327 g/mol. The highest BCUT2D eigenvalue weighted by Gasteiger charge is 2.08. The average Bonchev–Trinajstić information content (AvgIpc) is 2.51. The van der Waals surface area contributed by atoms with Gasteiger partial charge >= 0.3 is 0 Å². The van der Waals surface area contributed by atoms with Crippen LogP contribution in [0.3, 0.4) is 0 Å². The normalized spacial score (nSPS) is 10.2. The molecule has 0 saturated carbocycles. The van der Waals surface area contributed by atoms with Gasteiger partial charge in [0, 0.05) is 10.6 Å². The number of thioether (sulfide) groups is 1. The predicted molar refractivity (Wildman–Crippen MR) is 97.4 cm³/mol. The maximum absolute atomic E-state index is 12.1. The third kappa shape index (κ3) is 5.49. The highest BCUT2D eigenvalue weighted by Crippen LogP contribution is 2.27. The molecule has 0 saturated heterocycles. The highest BCUT2D eigenvalue weighted by molar-refractivity contribution is 7.99. The number of hydrogen-bond donors (Lipinski definition) is 1. The van der Waals surface area contributed by atoms with E-state index in [4.69, 9.17) is 4.74 Å². The molecule has 0 unspecified atom stereocenters. The van der Waals surface area contributed by atoms with Crippen molar-refractivity contribution in [2.45, 2.75) is 18.7 Å². The number of carbonyl (C=O) groups is 1. The van der Waals surface area contributed by atoms with Crippen LogP contribution in [0.1, 0.15) is 11.1 Å². The van der Waals surface area contributed by atoms with Gasteiger partial charge in [-0.25, -0.2) is 0 Å². The summed E-state index contributed by atoms with van der Waals surface area (Å²) in [4.78, 5) is 13.1. The minimum atomic E-state index is -0.171. The summed E-state index contributed by atoms with van der Waals surface area (Å²) in [5, 5.41) is 2.90. The van der Waals surface area contributed by atoms with Gasteiger partial charge in [0.2, 0.25) is 0 Å². The summed E-state index contributed by atoms with van der Waals surface area (Å²) in [6.07, 6.45) is 1.84. The lowest BCUT2D eigenvalue weighted by Gasteiger charge is -2.11. The second-order valence-corrected chi connectivity index (χ2v) is 6.32. The lowest BCUT2D eigenvalue weighted by Crippen LogP contribution is -2.20. The third-order valence-corrected chi connectivity index (χ3v) is 4.15. The van der Waals surface area contributed by atoms with Gasteiger partial charge in [-0.2, -0.15) is 0 Å². The molecule has 4 heteroatoms. The lowest BCUT2D eigenvalue weighted by molar-refractivity contribution is -0.118. The molecule has 3 nitrogen and oxygen atoms in total. The summed E-state index contributed by atoms with van der Waals surface area (Å²) in [6.45, 7) is 7.72. The van der Waals surface area contributed by atoms with Gasteiger partial charge in [0.25, 0.3) is 5.91 Å². The van der Waals surface area contributed by atoms with Crippen molar-refractivity contribution in [3.8, 4) is 5.75 Å². The first-order valence-corrected chi connectivity index (χ1v) is 8.40. The van der Waals surface area contributed by atoms with Crippen LogP contribution < -0.4 is 10.1 Å². The van der Waals surface area contributed by atoms with Gasteiger partial charge in [-0.05, 0) is 49.2 Å². The monoisotopic (exact) mass is 327 g/mol. The van der Waals surface area contributed by atoms with E-state index in [1.54, 1.807) is 11.8 Å². The molecular weight excluding hydrogens is 306 g/mol. The van der Waals surface area contributed by atoms with Crippen molar-refractivity contribution >= 4 is 23.4 Å². The largest absolute Gasteiger partial charge is 0.484 e. The topological polar surface area (TPSA) is 38.3 Å². The van der Waals surface area contributed by atoms with Crippen LogP contribution in [0, 0.1) is 13.8 Å². The predicted octanol–water partition coefficient (Wildman–Crippen LogP) is 4.60. The number of amides is 1. The van der Waals surface area contributed by atoms with Crippen LogP contribution >= 0.6 is 11.8 Å². The summed E-state index contributed by atoms with van der Waals surface area (Å²) < 4.78 is 5.59. The van der Waals surface area contributed by atoms with Gasteiger partial charge < -0.3 is 10.1 Å². The zero-order valence-corrected chi connectivity index (χ0v) is 14.3. The maximum Gasteiger partial charge on any atom is 0.262 e. The number of hydrogen-bond acceptors (Lipinski definition) is 3. The summed E-state index contributed by atoms with van der Waals surface area (Å²) in [7, 11) is 0. The Kier molecular flexibility index (Phi) is 6.29. The van der Waals surface area contributed by atoms with Crippen molar-refractivity contribution in [1.82, 2.24) is 0 Å². The molecule has 1 N–H and O–H groups in total. The molecule has 120 valence electrons. The van der Waals surface area contributed by atoms with Crippen molar-refractivity contribution in [1.29, 1.82) is 0 Å². The van der Waals surface area contributed by atoms with E-state index in [0.29, 0.717) is 5.75 Å². The van der Waals surface area contributed by atoms with Crippen LogP contribution in [-0.4, -0.2) is 18.3 Å². The number of carbonyl (C=O) groups excluding carboxylic acids is 1. The molecular formula is C19H21NO2S. The van der Waals surface area contributed by atoms with E-state index < -0.39 is 0 Å². The van der Waals surface area contributed by atoms with Crippen LogP contribution in [-0.2, 0) is 4.79 Å². The minimum absolute atomic E-state index is 0.0106. The minimum Gasteiger partial charge on any atom is -0.484 e. The molecule has 2 aromatic carbocycles. The van der Waals surface area contributed by atoms with Gasteiger partial charge in [-0.15, -0.1) is 18.3 Å². The number of aryl methyl sites for hydroxylation is 2. The van der Waals surface area contributed by atoms with Crippen LogP contribution in [0.15, 0.2) is 60.0 Å². The Balaban J connectivity index is 1.95. The van der Waals surface area contributed by atoms with E-state index in [9.17, 15) is 4.79 Å². The van der Waals surface area contributed by atoms with Gasteiger partial charge in [0.1, 0.15) is 5.75 Å². The molecule has 0 aliphatic carbocycles. The second-order valence-electron chi connectivity index (χ2n) is 5.26. The zero-order valence-electron chi connectivity index (χ0n) is 13.5. The molecule has 0 bridgehead atoms. The molecule has 0 aliphatic heterocycles. The van der Waals surface area contributed by atoms with Gasteiger partial charge in [0.15, 0.2) is 6.61 Å². The maximum atomic E-state index is 12.1. The Labute approximate surface area is 141 Å². The molecule has 2 rings (SSSR count). The van der Waals surface area contributed by atoms with E-state index in [2.05, 4.69) is 18.0 Å². The molecule has 23 heavy (non-hydrogen) atoms. The standard InChI is InChI=1S/C19H21NO2S/c1-4-9-23-18-8-6-5-7-17(18)20-19(21)13-22-16-11-14(2)10-15(3)12-16/h4-8,10-12H,1,9,13H2,2-3H3,(H,20,21). The molecule has 0 aliphatic rings. The molecule has 0 radical (unpaired) electrons. The molecule has 0 heterocycles. The van der Waals surface area contributed by atoms with E-state index in [0.717, 1.165) is 27.5 Å².